The van der Waals surface area contributed by atoms with Crippen LogP contribution in [0.3, 0.4) is 0 Å². The standard InChI is InChI=1S/C18H29FN4O3.C7H9N/c1-18(2,19)9-15(22(5)16(25)6-7-21(3)4)17(26)23-11-13(12-24)8-14(23)10-20;1-8-7-5-3-2-4-6-7/h12-15H,6-9,11H2,1-5H3;2-6,8H,1H3. The third-order valence-electron chi connectivity index (χ3n) is 5.62. The summed E-state index contributed by atoms with van der Waals surface area (Å²) in [7, 11) is 7.07. The van der Waals surface area contributed by atoms with Crippen LogP contribution in [-0.2, 0) is 14.4 Å². The van der Waals surface area contributed by atoms with Crippen molar-refractivity contribution in [1.29, 1.82) is 5.26 Å². The van der Waals surface area contributed by atoms with Gasteiger partial charge in [-0.1, -0.05) is 18.2 Å². The van der Waals surface area contributed by atoms with E-state index < -0.39 is 29.6 Å². The Kier molecular flexibility index (Phi) is 11.7. The number of halogens is 1. The Bertz CT molecular complexity index is 835. The second-order valence-corrected chi connectivity index (χ2v) is 9.38. The van der Waals surface area contributed by atoms with Crippen molar-refractivity contribution in [2.45, 2.75) is 50.9 Å². The van der Waals surface area contributed by atoms with Crippen LogP contribution >= 0.6 is 0 Å². The summed E-state index contributed by atoms with van der Waals surface area (Å²) in [6, 6.07) is 10.4. The molecule has 0 saturated carbocycles. The normalized spacial score (nSPS) is 18.4. The van der Waals surface area contributed by atoms with Crippen molar-refractivity contribution in [3.63, 3.8) is 0 Å². The molecule has 0 spiro atoms. The number of benzene rings is 1. The lowest BCUT2D eigenvalue weighted by Crippen LogP contribution is -2.52. The summed E-state index contributed by atoms with van der Waals surface area (Å²) in [5.41, 5.74) is -0.505. The van der Waals surface area contributed by atoms with Crippen molar-refractivity contribution in [3.8, 4) is 6.07 Å². The van der Waals surface area contributed by atoms with Crippen molar-refractivity contribution in [3.05, 3.63) is 30.3 Å². The summed E-state index contributed by atoms with van der Waals surface area (Å²) in [5, 5.41) is 12.3. The highest BCUT2D eigenvalue weighted by molar-refractivity contribution is 5.88. The first-order valence-corrected chi connectivity index (χ1v) is 11.4. The first-order valence-electron chi connectivity index (χ1n) is 11.4. The zero-order valence-corrected chi connectivity index (χ0v) is 21.1. The minimum Gasteiger partial charge on any atom is -0.388 e. The Balaban J connectivity index is 0.000000605. The summed E-state index contributed by atoms with van der Waals surface area (Å²) in [6.07, 6.45) is 1.04. The highest BCUT2D eigenvalue weighted by Gasteiger charge is 2.41. The molecule has 3 atom stereocenters. The number of hydrogen-bond acceptors (Lipinski definition) is 6. The van der Waals surface area contributed by atoms with Crippen LogP contribution in [0.2, 0.25) is 0 Å². The lowest BCUT2D eigenvalue weighted by atomic mass is 9.98. The molecule has 0 bridgehead atoms. The zero-order valence-electron chi connectivity index (χ0n) is 21.1. The number of nitrogens with one attached hydrogen (secondary N) is 1. The van der Waals surface area contributed by atoms with Crippen molar-refractivity contribution in [2.24, 2.45) is 5.92 Å². The second kappa shape index (κ2) is 13.7. The van der Waals surface area contributed by atoms with Gasteiger partial charge in [0, 0.05) is 51.6 Å². The number of carbonyl (C=O) groups is 3. The van der Waals surface area contributed by atoms with Crippen molar-refractivity contribution in [1.82, 2.24) is 14.7 Å². The fraction of sp³-hybridized carbons (Fsp3) is 0.600. The lowest BCUT2D eigenvalue weighted by molar-refractivity contribution is -0.146. The SMILES string of the molecule is CN(C)CCC(=O)N(C)C(CC(C)(C)F)C(=O)N1CC(C=O)CC1C#N.CNc1ccccc1. The number of amides is 2. The number of carbonyl (C=O) groups excluding carboxylic acids is 3. The Hall–Kier alpha value is -2.99. The van der Waals surface area contributed by atoms with Crippen molar-refractivity contribution < 1.29 is 18.8 Å². The van der Waals surface area contributed by atoms with Crippen LogP contribution in [0, 0.1) is 17.2 Å². The minimum atomic E-state index is -1.66. The van der Waals surface area contributed by atoms with Crippen LogP contribution in [0.5, 0.6) is 0 Å². The van der Waals surface area contributed by atoms with E-state index in [1.165, 1.54) is 30.7 Å². The largest absolute Gasteiger partial charge is 0.388 e. The van der Waals surface area contributed by atoms with Gasteiger partial charge in [0.05, 0.1) is 6.07 Å². The fourth-order valence-corrected chi connectivity index (χ4v) is 3.65. The monoisotopic (exact) mass is 475 g/mol. The Morgan fingerprint density at radius 2 is 1.91 bits per heavy atom. The van der Waals surface area contributed by atoms with Gasteiger partial charge in [-0.05, 0) is 46.5 Å². The summed E-state index contributed by atoms with van der Waals surface area (Å²) >= 11 is 0. The number of nitriles is 1. The number of aldehydes is 1. The molecule has 3 unspecified atom stereocenters. The maximum Gasteiger partial charge on any atom is 0.246 e. The third-order valence-corrected chi connectivity index (χ3v) is 5.62. The molecule has 188 valence electrons. The van der Waals surface area contributed by atoms with E-state index in [9.17, 15) is 24.0 Å². The number of nitrogens with zero attached hydrogens (tertiary/aromatic N) is 4. The van der Waals surface area contributed by atoms with E-state index in [2.05, 4.69) is 5.32 Å². The zero-order chi connectivity index (χ0) is 25.9. The van der Waals surface area contributed by atoms with Crippen LogP contribution in [-0.4, -0.2) is 91.8 Å². The first kappa shape index (κ1) is 29.0. The maximum absolute atomic E-state index is 14.3. The minimum absolute atomic E-state index is 0.128. The molecule has 1 N–H and O–H groups in total. The first-order chi connectivity index (χ1) is 15.9. The molecule has 1 aromatic carbocycles. The summed E-state index contributed by atoms with van der Waals surface area (Å²) in [5.74, 6) is -1.15. The van der Waals surface area contributed by atoms with Gasteiger partial charge >= 0.3 is 0 Å². The Morgan fingerprint density at radius 3 is 2.35 bits per heavy atom. The molecule has 2 rings (SSSR count). The highest BCUT2D eigenvalue weighted by atomic mass is 19.1. The summed E-state index contributed by atoms with van der Waals surface area (Å²) < 4.78 is 14.3. The molecule has 34 heavy (non-hydrogen) atoms. The van der Waals surface area contributed by atoms with E-state index in [4.69, 9.17) is 0 Å². The van der Waals surface area contributed by atoms with Gasteiger partial charge < -0.3 is 24.8 Å². The van der Waals surface area contributed by atoms with E-state index in [-0.39, 0.29) is 31.7 Å². The number of para-hydroxylation sites is 1. The molecule has 8 nitrogen and oxygen atoms in total. The predicted octanol–water partition coefficient (Wildman–Crippen LogP) is 2.57. The molecule has 0 radical (unpaired) electrons. The molecule has 9 heteroatoms. The van der Waals surface area contributed by atoms with Crippen LogP contribution in [0.1, 0.15) is 33.1 Å². The molecular formula is C25H38FN5O3. The Morgan fingerprint density at radius 1 is 1.29 bits per heavy atom. The topological polar surface area (TPSA) is 96.8 Å². The molecule has 1 heterocycles. The van der Waals surface area contributed by atoms with Gasteiger partial charge in [0.15, 0.2) is 0 Å². The average molecular weight is 476 g/mol. The molecular weight excluding hydrogens is 437 g/mol. The number of likely N-dealkylation sites (tertiary alicyclic amines) is 1. The number of rotatable bonds is 9. The van der Waals surface area contributed by atoms with Gasteiger partial charge in [-0.25, -0.2) is 4.39 Å². The van der Waals surface area contributed by atoms with Gasteiger partial charge in [-0.15, -0.1) is 0 Å². The van der Waals surface area contributed by atoms with Crippen LogP contribution < -0.4 is 5.32 Å². The molecule has 2 amide bonds. The highest BCUT2D eigenvalue weighted by Crippen LogP contribution is 2.27. The second-order valence-electron chi connectivity index (χ2n) is 9.38. The quantitative estimate of drug-likeness (QED) is 0.552. The van der Waals surface area contributed by atoms with Crippen LogP contribution in [0.4, 0.5) is 10.1 Å². The van der Waals surface area contributed by atoms with E-state index in [1.807, 2.05) is 62.4 Å². The van der Waals surface area contributed by atoms with E-state index in [0.717, 1.165) is 12.0 Å². The van der Waals surface area contributed by atoms with Gasteiger partial charge in [0.2, 0.25) is 11.8 Å². The van der Waals surface area contributed by atoms with E-state index in [1.54, 1.807) is 0 Å². The molecule has 0 aromatic heterocycles. The molecule has 1 fully saturated rings. The van der Waals surface area contributed by atoms with Gasteiger partial charge in [0.1, 0.15) is 24.0 Å². The average Bonchev–Trinajstić information content (AvgIpc) is 3.24. The molecule has 1 aromatic rings. The number of hydrogen-bond donors (Lipinski definition) is 1. The molecule has 0 aliphatic carbocycles. The third kappa shape index (κ3) is 9.48. The van der Waals surface area contributed by atoms with Gasteiger partial charge in [-0.3, -0.25) is 9.59 Å². The van der Waals surface area contributed by atoms with Crippen molar-refractivity contribution >= 4 is 23.8 Å². The van der Waals surface area contributed by atoms with Crippen LogP contribution in [0.15, 0.2) is 30.3 Å². The lowest BCUT2D eigenvalue weighted by Gasteiger charge is -2.34. The number of alkyl halides is 1. The van der Waals surface area contributed by atoms with Gasteiger partial charge in [-0.2, -0.15) is 5.26 Å². The predicted molar refractivity (Wildman–Crippen MR) is 131 cm³/mol. The summed E-state index contributed by atoms with van der Waals surface area (Å²) in [6.45, 7) is 3.35. The number of anilines is 1. The number of likely N-dealkylation sites (N-methyl/N-ethyl adjacent to an activating group) is 1. The smallest absolute Gasteiger partial charge is 0.246 e. The van der Waals surface area contributed by atoms with Crippen LogP contribution in [0.25, 0.3) is 0 Å². The van der Waals surface area contributed by atoms with Gasteiger partial charge in [0.25, 0.3) is 0 Å². The Labute approximate surface area is 202 Å². The molecule has 1 aliphatic heterocycles. The molecule has 1 aliphatic rings. The maximum atomic E-state index is 14.3. The fourth-order valence-electron chi connectivity index (χ4n) is 3.65. The summed E-state index contributed by atoms with van der Waals surface area (Å²) in [4.78, 5) is 41.0. The molecule has 1 saturated heterocycles. The van der Waals surface area contributed by atoms with Crippen molar-refractivity contribution in [2.75, 3.05) is 46.6 Å². The van der Waals surface area contributed by atoms with E-state index in [0.29, 0.717) is 6.54 Å². The van der Waals surface area contributed by atoms with E-state index >= 15 is 0 Å².